The van der Waals surface area contributed by atoms with E-state index >= 15 is 4.39 Å². The Morgan fingerprint density at radius 2 is 1.62 bits per heavy atom. The van der Waals surface area contributed by atoms with Crippen LogP contribution in [0.3, 0.4) is 0 Å². The molecule has 0 aromatic heterocycles. The van der Waals surface area contributed by atoms with Gasteiger partial charge in [0.1, 0.15) is 10.6 Å². The average Bonchev–Trinajstić information content (AvgIpc) is 2.90. The Bertz CT molecular complexity index is 1600. The molecule has 42 heavy (non-hydrogen) atoms. The minimum Gasteiger partial charge on any atom is -0.490 e. The van der Waals surface area contributed by atoms with E-state index in [1.807, 2.05) is 0 Å². The highest BCUT2D eigenvalue weighted by atomic mass is 32.2. The highest BCUT2D eigenvalue weighted by Crippen LogP contribution is 2.60. The first-order valence-electron chi connectivity index (χ1n) is 12.9. The topological polar surface area (TPSA) is 89.5 Å². The van der Waals surface area contributed by atoms with E-state index in [1.54, 1.807) is 0 Å². The first-order chi connectivity index (χ1) is 19.1. The molecule has 4 atom stereocenters. The molecule has 2 aromatic carbocycles. The molecule has 13 heteroatoms. The van der Waals surface area contributed by atoms with Gasteiger partial charge in [0.25, 0.3) is 0 Å². The van der Waals surface area contributed by atoms with Crippen molar-refractivity contribution in [3.63, 3.8) is 0 Å². The lowest BCUT2D eigenvalue weighted by Gasteiger charge is -2.56. The zero-order valence-electron chi connectivity index (χ0n) is 21.8. The van der Waals surface area contributed by atoms with Crippen LogP contribution in [0.1, 0.15) is 50.7 Å². The van der Waals surface area contributed by atoms with Gasteiger partial charge in [-0.3, -0.25) is 0 Å². The predicted octanol–water partition coefficient (Wildman–Crippen LogP) is 6.29. The van der Waals surface area contributed by atoms with Gasteiger partial charge in [-0.2, -0.15) is 13.2 Å². The summed E-state index contributed by atoms with van der Waals surface area (Å²) in [5.74, 6) is -4.39. The van der Waals surface area contributed by atoms with Gasteiger partial charge in [-0.05, 0) is 74.4 Å². The van der Waals surface area contributed by atoms with E-state index in [0.717, 1.165) is 24.3 Å². The quantitative estimate of drug-likeness (QED) is 0.299. The second-order valence-corrected chi connectivity index (χ2v) is 15.2. The van der Waals surface area contributed by atoms with Crippen LogP contribution >= 0.6 is 0 Å². The number of fused-ring (bicyclic) bond motifs is 5. The lowest BCUT2D eigenvalue weighted by molar-refractivity contribution is -0.137. The molecule has 5 rings (SSSR count). The summed E-state index contributed by atoms with van der Waals surface area (Å²) >= 11 is 0. The lowest BCUT2D eigenvalue weighted by Crippen LogP contribution is -2.66. The van der Waals surface area contributed by atoms with Crippen molar-refractivity contribution in [3.05, 3.63) is 84.5 Å². The fourth-order valence-corrected chi connectivity index (χ4v) is 11.4. The van der Waals surface area contributed by atoms with Crippen LogP contribution in [-0.4, -0.2) is 34.2 Å². The van der Waals surface area contributed by atoms with Crippen LogP contribution in [0.5, 0.6) is 5.75 Å². The summed E-state index contributed by atoms with van der Waals surface area (Å²) in [5, 5.41) is 0. The highest BCUT2D eigenvalue weighted by molar-refractivity contribution is 7.92. The van der Waals surface area contributed by atoms with Gasteiger partial charge in [0.2, 0.25) is 10.0 Å². The fraction of sp³-hybridized carbons (Fsp3) is 0.448. The van der Waals surface area contributed by atoms with Crippen molar-refractivity contribution in [2.75, 3.05) is 6.61 Å². The fourth-order valence-electron chi connectivity index (χ4n) is 7.00. The molecule has 6 nitrogen and oxygen atoms in total. The van der Waals surface area contributed by atoms with E-state index in [-0.39, 0.29) is 46.1 Å². The third-order valence-electron chi connectivity index (χ3n) is 8.84. The molecule has 3 aliphatic rings. The molecule has 0 spiro atoms. The number of ether oxygens (including phenoxy) is 1. The molecule has 1 aliphatic carbocycles. The first kappa shape index (κ1) is 32.2. The van der Waals surface area contributed by atoms with E-state index in [1.165, 1.54) is 12.2 Å². The van der Waals surface area contributed by atoms with E-state index in [4.69, 9.17) is 4.74 Å². The second-order valence-electron chi connectivity index (χ2n) is 10.9. The molecule has 2 heterocycles. The Morgan fingerprint density at radius 3 is 2.19 bits per heavy atom. The van der Waals surface area contributed by atoms with Crippen LogP contribution in [0.2, 0.25) is 0 Å². The van der Waals surface area contributed by atoms with Crippen molar-refractivity contribution < 1.29 is 43.5 Å². The number of benzene rings is 2. The Kier molecular flexibility index (Phi) is 8.22. The maximum atomic E-state index is 15.7. The maximum Gasteiger partial charge on any atom is 0.416 e. The van der Waals surface area contributed by atoms with E-state index < -0.39 is 86.8 Å². The number of rotatable bonds is 6. The normalized spacial score (nSPS) is 27.7. The molecule has 230 valence electrons. The second kappa shape index (κ2) is 10.7. The van der Waals surface area contributed by atoms with Crippen LogP contribution in [0.25, 0.3) is 0 Å². The first-order valence-corrected chi connectivity index (χ1v) is 15.9. The van der Waals surface area contributed by atoms with Crippen LogP contribution in [0.4, 0.5) is 22.0 Å². The van der Waals surface area contributed by atoms with Gasteiger partial charge in [-0.1, -0.05) is 19.6 Å². The van der Waals surface area contributed by atoms with Crippen LogP contribution in [0.15, 0.2) is 66.6 Å². The molecule has 0 amide bonds. The van der Waals surface area contributed by atoms with Gasteiger partial charge in [-0.25, -0.2) is 30.3 Å². The van der Waals surface area contributed by atoms with Crippen LogP contribution < -0.4 is 9.46 Å². The molecule has 0 unspecified atom stereocenters. The molecule has 1 saturated carbocycles. The highest BCUT2D eigenvalue weighted by Gasteiger charge is 2.66. The third kappa shape index (κ3) is 4.59. The number of allylic oxidation sites excluding steroid dienone is 2. The standard InChI is InChI=1S/C28H28F5NO5S2.CH4/c1-3-12-26(13-4-2)15-19-20-16-39-25-22(30)10-9-21(29)24(25)27(20,14-11-23(19)34-41(26,37)38)40(35,36)18-7-5-17(6-8-18)28(31,32)33;/h3-10,19-20,23,34H,1-2,11-16H2;1H4/t19-,20-,23+,27-;/m0./s1. The zero-order valence-corrected chi connectivity index (χ0v) is 23.4. The van der Waals surface area contributed by atoms with Gasteiger partial charge < -0.3 is 4.74 Å². The molecule has 2 aliphatic heterocycles. The number of sulfone groups is 1. The number of sulfonamides is 1. The third-order valence-corrected chi connectivity index (χ3v) is 13.7. The van der Waals surface area contributed by atoms with E-state index in [2.05, 4.69) is 17.9 Å². The monoisotopic (exact) mass is 633 g/mol. The Balaban J connectivity index is 0.00000405. The number of alkyl halides is 3. The molecule has 0 radical (unpaired) electrons. The van der Waals surface area contributed by atoms with E-state index in [9.17, 15) is 34.4 Å². The Hall–Kier alpha value is -2.77. The number of hydrogen-bond donors (Lipinski definition) is 1. The lowest BCUT2D eigenvalue weighted by atomic mass is 9.63. The Labute approximate surface area is 242 Å². The summed E-state index contributed by atoms with van der Waals surface area (Å²) in [7, 11) is -8.65. The van der Waals surface area contributed by atoms with Crippen molar-refractivity contribution in [1.82, 2.24) is 4.72 Å². The minimum absolute atomic E-state index is 0. The van der Waals surface area contributed by atoms with E-state index in [0.29, 0.717) is 12.1 Å². The number of halogens is 5. The zero-order chi connectivity index (χ0) is 30.0. The van der Waals surface area contributed by atoms with Gasteiger partial charge >= 0.3 is 6.18 Å². The smallest absolute Gasteiger partial charge is 0.416 e. The van der Waals surface area contributed by atoms with Crippen molar-refractivity contribution in [2.24, 2.45) is 11.8 Å². The van der Waals surface area contributed by atoms with Crippen LogP contribution in [-0.2, 0) is 30.8 Å². The summed E-state index contributed by atoms with van der Waals surface area (Å²) in [5.41, 5.74) is -1.60. The minimum atomic E-state index is -4.72. The molecular formula is C29H32F5NO5S2. The van der Waals surface area contributed by atoms with Gasteiger partial charge in [0.05, 0.1) is 27.4 Å². The Morgan fingerprint density at radius 1 is 1.02 bits per heavy atom. The SMILES string of the molecule is C.C=CCC1(CC=C)C[C@@H]2[C@@H](CC[C@@]3(S(=O)(=O)c4ccc(C(F)(F)F)cc4)c4c(F)ccc(F)c4OC[C@@H]23)NS1(=O)=O. The maximum absolute atomic E-state index is 15.7. The molecule has 2 fully saturated rings. The molecule has 1 saturated heterocycles. The summed E-state index contributed by atoms with van der Waals surface area (Å²) < 4.78 is 131. The van der Waals surface area contributed by atoms with Gasteiger partial charge in [0.15, 0.2) is 21.4 Å². The summed E-state index contributed by atoms with van der Waals surface area (Å²) in [6, 6.07) is 3.74. The van der Waals surface area contributed by atoms with Crippen molar-refractivity contribution in [1.29, 1.82) is 0 Å². The van der Waals surface area contributed by atoms with Crippen molar-refractivity contribution in [3.8, 4) is 5.75 Å². The molecule has 0 bridgehead atoms. The van der Waals surface area contributed by atoms with Crippen molar-refractivity contribution >= 4 is 19.9 Å². The summed E-state index contributed by atoms with van der Waals surface area (Å²) in [6.45, 7) is 6.98. The molecule has 2 aromatic rings. The van der Waals surface area contributed by atoms with Gasteiger partial charge in [0, 0.05) is 12.0 Å². The van der Waals surface area contributed by atoms with Crippen molar-refractivity contribution in [2.45, 2.75) is 66.1 Å². The number of hydrogen-bond acceptors (Lipinski definition) is 5. The molecular weight excluding hydrogens is 601 g/mol. The van der Waals surface area contributed by atoms with Crippen LogP contribution in [0, 0.1) is 23.5 Å². The molecule has 1 N–H and O–H groups in total. The predicted molar refractivity (Wildman–Crippen MR) is 148 cm³/mol. The number of nitrogens with one attached hydrogen (secondary N) is 1. The average molecular weight is 634 g/mol. The largest absolute Gasteiger partial charge is 0.490 e. The summed E-state index contributed by atoms with van der Waals surface area (Å²) in [6.07, 6.45) is -2.21. The van der Waals surface area contributed by atoms with Gasteiger partial charge in [-0.15, -0.1) is 13.2 Å². The summed E-state index contributed by atoms with van der Waals surface area (Å²) in [4.78, 5) is -0.495.